The number of carbonyl (C=O) groups is 1. The Balaban J connectivity index is 1.25. The number of carbonyl (C=O) groups excluding carboxylic acids is 1. The smallest absolute Gasteiger partial charge is 0.331 e. The number of nitrogens with one attached hydrogen (secondary N) is 1. The topological polar surface area (TPSA) is 66.9 Å². The number of hydrogen-bond donors (Lipinski definition) is 1. The van der Waals surface area contributed by atoms with E-state index >= 15 is 0 Å². The summed E-state index contributed by atoms with van der Waals surface area (Å²) in [6.45, 7) is 5.63. The van der Waals surface area contributed by atoms with Gasteiger partial charge < -0.3 is 19.4 Å². The maximum absolute atomic E-state index is 14.9. The van der Waals surface area contributed by atoms with Crippen molar-refractivity contribution in [3.8, 4) is 0 Å². The van der Waals surface area contributed by atoms with Gasteiger partial charge in [0, 0.05) is 59.1 Å². The molecule has 0 aliphatic carbocycles. The number of ether oxygens (including phenoxy) is 1. The molecular formula is C21H27F2N7O2. The molecule has 11 heteroatoms. The zero-order valence-corrected chi connectivity index (χ0v) is 18.1. The van der Waals surface area contributed by atoms with Gasteiger partial charge in [0.2, 0.25) is 5.96 Å². The average Bonchev–Trinajstić information content (AvgIpc) is 3.15. The maximum atomic E-state index is 14.9. The summed E-state index contributed by atoms with van der Waals surface area (Å²) in [5.74, 6) is -0.00417. The number of halogens is 2. The number of piperazine rings is 1. The van der Waals surface area contributed by atoms with Crippen molar-refractivity contribution in [3.05, 3.63) is 41.4 Å². The van der Waals surface area contributed by atoms with Crippen molar-refractivity contribution in [1.82, 2.24) is 24.9 Å². The van der Waals surface area contributed by atoms with E-state index in [9.17, 15) is 13.6 Å². The number of aliphatic imine (C=N–C) groups is 1. The molecule has 0 radical (unpaired) electrons. The first-order valence-electron chi connectivity index (χ1n) is 10.8. The molecule has 9 nitrogen and oxygen atoms in total. The van der Waals surface area contributed by atoms with Crippen molar-refractivity contribution in [1.29, 1.82) is 0 Å². The molecule has 1 N–H and O–H groups in total. The Bertz CT molecular complexity index is 932. The van der Waals surface area contributed by atoms with Crippen molar-refractivity contribution >= 4 is 17.7 Å². The number of anilines is 1. The molecular weight excluding hydrogens is 420 g/mol. The first-order valence-corrected chi connectivity index (χ1v) is 10.8. The molecule has 0 saturated carbocycles. The molecule has 1 aromatic rings. The van der Waals surface area contributed by atoms with E-state index in [2.05, 4.69) is 15.2 Å². The number of hydrogen-bond acceptors (Lipinski definition) is 7. The van der Waals surface area contributed by atoms with Gasteiger partial charge in [-0.1, -0.05) is 0 Å². The summed E-state index contributed by atoms with van der Waals surface area (Å²) in [6, 6.07) is 2.65. The number of amides is 2. The fraction of sp³-hybridized carbons (Fsp3) is 0.524. The SMILES string of the molecule is CN1C=C2N=C(N3CCN(c4c(F)cc(CN5CCOCC5)cc4F)CC3)NC(=O)N2C1. The lowest BCUT2D eigenvalue weighted by Crippen LogP contribution is -2.57. The molecule has 4 heterocycles. The quantitative estimate of drug-likeness (QED) is 0.746. The lowest BCUT2D eigenvalue weighted by atomic mass is 10.1. The lowest BCUT2D eigenvalue weighted by molar-refractivity contribution is 0.0341. The van der Waals surface area contributed by atoms with Crippen molar-refractivity contribution in [2.24, 2.45) is 4.99 Å². The predicted molar refractivity (Wildman–Crippen MR) is 115 cm³/mol. The van der Waals surface area contributed by atoms with Gasteiger partial charge in [0.25, 0.3) is 0 Å². The molecule has 2 saturated heterocycles. The van der Waals surface area contributed by atoms with Gasteiger partial charge in [0.1, 0.15) is 24.0 Å². The monoisotopic (exact) mass is 447 g/mol. The van der Waals surface area contributed by atoms with Crippen LogP contribution in [-0.2, 0) is 11.3 Å². The van der Waals surface area contributed by atoms with Crippen molar-refractivity contribution in [3.63, 3.8) is 0 Å². The Morgan fingerprint density at radius 2 is 1.69 bits per heavy atom. The van der Waals surface area contributed by atoms with Crippen LogP contribution in [0.2, 0.25) is 0 Å². The van der Waals surface area contributed by atoms with Crippen LogP contribution in [0.5, 0.6) is 0 Å². The minimum Gasteiger partial charge on any atom is -0.379 e. The van der Waals surface area contributed by atoms with Gasteiger partial charge in [-0.25, -0.2) is 13.6 Å². The molecule has 0 bridgehead atoms. The zero-order valence-electron chi connectivity index (χ0n) is 18.1. The number of nitrogens with zero attached hydrogens (tertiary/aromatic N) is 6. The Hall–Kier alpha value is -2.92. The molecule has 2 fully saturated rings. The Labute approximate surface area is 185 Å². The van der Waals surface area contributed by atoms with E-state index in [1.165, 1.54) is 12.1 Å². The number of rotatable bonds is 3. The first kappa shape index (κ1) is 21.0. The highest BCUT2D eigenvalue weighted by Crippen LogP contribution is 2.27. The second-order valence-corrected chi connectivity index (χ2v) is 8.45. The highest BCUT2D eigenvalue weighted by Gasteiger charge is 2.33. The fourth-order valence-electron chi connectivity index (χ4n) is 4.48. The van der Waals surface area contributed by atoms with Crippen LogP contribution in [0.4, 0.5) is 19.3 Å². The number of urea groups is 1. The summed E-state index contributed by atoms with van der Waals surface area (Å²) in [5.41, 5.74) is 0.638. The van der Waals surface area contributed by atoms with Crippen LogP contribution >= 0.6 is 0 Å². The molecule has 1 aromatic carbocycles. The van der Waals surface area contributed by atoms with Crippen LogP contribution in [0.15, 0.2) is 29.1 Å². The highest BCUT2D eigenvalue weighted by molar-refractivity contribution is 5.99. The molecule has 0 unspecified atom stereocenters. The van der Waals surface area contributed by atoms with Crippen molar-refractivity contribution in [2.45, 2.75) is 6.54 Å². The summed E-state index contributed by atoms with van der Waals surface area (Å²) in [4.78, 5) is 26.1. The van der Waals surface area contributed by atoms with Crippen LogP contribution in [0.3, 0.4) is 0 Å². The largest absolute Gasteiger partial charge is 0.379 e. The van der Waals surface area contributed by atoms with Gasteiger partial charge in [-0.05, 0) is 17.7 Å². The Morgan fingerprint density at radius 1 is 1.03 bits per heavy atom. The molecule has 32 heavy (non-hydrogen) atoms. The maximum Gasteiger partial charge on any atom is 0.331 e. The molecule has 4 aliphatic rings. The highest BCUT2D eigenvalue weighted by atomic mass is 19.1. The number of benzene rings is 1. The molecule has 4 aliphatic heterocycles. The zero-order chi connectivity index (χ0) is 22.2. The van der Waals surface area contributed by atoms with Crippen molar-refractivity contribution in [2.75, 3.05) is 71.1 Å². The summed E-state index contributed by atoms with van der Waals surface area (Å²) in [7, 11) is 1.88. The van der Waals surface area contributed by atoms with Crippen LogP contribution in [-0.4, -0.2) is 97.8 Å². The summed E-state index contributed by atoms with van der Waals surface area (Å²) < 4.78 is 35.1. The molecule has 5 rings (SSSR count). The second kappa shape index (κ2) is 8.55. The molecule has 172 valence electrons. The number of morpholine rings is 1. The fourth-order valence-corrected chi connectivity index (χ4v) is 4.48. The standard InChI is InChI=1S/C21H27F2N7O2/c1-26-13-18-24-20(25-21(31)30(18)14-26)29-4-2-28(3-5-29)19-16(22)10-15(11-17(19)23)12-27-6-8-32-9-7-27/h10-11,13H,2-9,12,14H2,1H3,(H,24,25,31). The van der Waals surface area contributed by atoms with E-state index in [1.807, 2.05) is 23.0 Å². The third-order valence-electron chi connectivity index (χ3n) is 6.14. The molecule has 2 amide bonds. The second-order valence-electron chi connectivity index (χ2n) is 8.45. The van der Waals surface area contributed by atoms with Crippen LogP contribution in [0, 0.1) is 11.6 Å². The number of guanidine groups is 1. The van der Waals surface area contributed by atoms with Gasteiger partial charge in [-0.15, -0.1) is 0 Å². The average molecular weight is 447 g/mol. The lowest BCUT2D eigenvalue weighted by Gasteiger charge is -2.39. The minimum absolute atomic E-state index is 0.0105. The van der Waals surface area contributed by atoms with E-state index < -0.39 is 11.6 Å². The van der Waals surface area contributed by atoms with E-state index in [1.54, 1.807) is 9.80 Å². The normalized spacial score (nSPS) is 22.0. The Kier molecular flexibility index (Phi) is 5.60. The predicted octanol–water partition coefficient (Wildman–Crippen LogP) is 1.00. The first-order chi connectivity index (χ1) is 15.5. The summed E-state index contributed by atoms with van der Waals surface area (Å²) >= 11 is 0. The van der Waals surface area contributed by atoms with Gasteiger partial charge in [0.15, 0.2) is 5.82 Å². The number of fused-ring (bicyclic) bond motifs is 1. The van der Waals surface area contributed by atoms with E-state index in [4.69, 9.17) is 4.74 Å². The van der Waals surface area contributed by atoms with Gasteiger partial charge in [0.05, 0.1) is 13.2 Å². The van der Waals surface area contributed by atoms with Crippen LogP contribution < -0.4 is 10.2 Å². The van der Waals surface area contributed by atoms with Crippen molar-refractivity contribution < 1.29 is 18.3 Å². The minimum atomic E-state index is -0.542. The van der Waals surface area contributed by atoms with Gasteiger partial charge in [-0.3, -0.25) is 15.1 Å². The van der Waals surface area contributed by atoms with Gasteiger partial charge >= 0.3 is 6.03 Å². The third-order valence-corrected chi connectivity index (χ3v) is 6.14. The molecule has 0 atom stereocenters. The van der Waals surface area contributed by atoms with E-state index in [0.29, 0.717) is 70.0 Å². The Morgan fingerprint density at radius 3 is 2.38 bits per heavy atom. The molecule has 0 aromatic heterocycles. The van der Waals surface area contributed by atoms with Crippen LogP contribution in [0.25, 0.3) is 0 Å². The molecule has 0 spiro atoms. The third kappa shape index (κ3) is 4.09. The van der Waals surface area contributed by atoms with Gasteiger partial charge in [-0.2, -0.15) is 4.99 Å². The van der Waals surface area contributed by atoms with E-state index in [0.717, 1.165) is 13.1 Å². The van der Waals surface area contributed by atoms with E-state index in [-0.39, 0.29) is 11.7 Å². The summed E-state index contributed by atoms with van der Waals surface area (Å²) in [5, 5.41) is 2.82. The summed E-state index contributed by atoms with van der Waals surface area (Å²) in [6.07, 6.45) is 1.82. The van der Waals surface area contributed by atoms with Crippen LogP contribution in [0.1, 0.15) is 5.56 Å².